The van der Waals surface area contributed by atoms with Crippen LogP contribution in [0.1, 0.15) is 43.9 Å². The van der Waals surface area contributed by atoms with E-state index < -0.39 is 11.9 Å². The molecule has 1 N–H and O–H groups in total. The molecule has 1 aromatic rings. The lowest BCUT2D eigenvalue weighted by atomic mass is 9.87. The number of hydrogen-bond acceptors (Lipinski definition) is 8. The van der Waals surface area contributed by atoms with Crippen LogP contribution in [0.5, 0.6) is 0 Å². The van der Waals surface area contributed by atoms with Gasteiger partial charge < -0.3 is 14.6 Å². The second-order valence-electron chi connectivity index (χ2n) is 7.74. The average Bonchev–Trinajstić information content (AvgIpc) is 2.78. The van der Waals surface area contributed by atoms with Gasteiger partial charge in [-0.2, -0.15) is 0 Å². The van der Waals surface area contributed by atoms with Gasteiger partial charge in [0, 0.05) is 24.8 Å². The molecule has 9 nitrogen and oxygen atoms in total. The molecule has 0 saturated heterocycles. The van der Waals surface area contributed by atoms with Crippen LogP contribution in [0.2, 0.25) is 0 Å². The van der Waals surface area contributed by atoms with Crippen LogP contribution in [0.4, 0.5) is 0 Å². The summed E-state index contributed by atoms with van der Waals surface area (Å²) in [6, 6.07) is 3.58. The van der Waals surface area contributed by atoms with Gasteiger partial charge in [0.05, 0.1) is 39.5 Å². The summed E-state index contributed by atoms with van der Waals surface area (Å²) in [5.74, 6) is -1.86. The van der Waals surface area contributed by atoms with Gasteiger partial charge >= 0.3 is 17.9 Å². The van der Waals surface area contributed by atoms with Crippen molar-refractivity contribution in [3.05, 3.63) is 29.6 Å². The Hall–Kier alpha value is -2.52. The summed E-state index contributed by atoms with van der Waals surface area (Å²) >= 11 is 0. The third kappa shape index (κ3) is 7.29. The van der Waals surface area contributed by atoms with Crippen molar-refractivity contribution < 1.29 is 29.0 Å². The minimum atomic E-state index is -1.01. The van der Waals surface area contributed by atoms with Crippen LogP contribution in [0, 0.1) is 0 Å². The summed E-state index contributed by atoms with van der Waals surface area (Å²) in [7, 11) is 2.64. The number of aromatic nitrogens is 1. The molecule has 0 spiro atoms. The van der Waals surface area contributed by atoms with Gasteiger partial charge in [0.15, 0.2) is 0 Å². The van der Waals surface area contributed by atoms with Crippen LogP contribution in [0.25, 0.3) is 0 Å². The number of esters is 2. The zero-order valence-electron chi connectivity index (χ0n) is 18.6. The lowest BCUT2D eigenvalue weighted by Gasteiger charge is -2.44. The van der Waals surface area contributed by atoms with Crippen LogP contribution in [0.3, 0.4) is 0 Å². The summed E-state index contributed by atoms with van der Waals surface area (Å²) in [4.78, 5) is 43.9. The molecule has 1 aliphatic carbocycles. The zero-order valence-corrected chi connectivity index (χ0v) is 18.6. The van der Waals surface area contributed by atoms with Crippen molar-refractivity contribution in [3.8, 4) is 0 Å². The number of rotatable bonds is 11. The van der Waals surface area contributed by atoms with E-state index in [9.17, 15) is 19.5 Å². The van der Waals surface area contributed by atoms with E-state index in [-0.39, 0.29) is 37.7 Å². The molecule has 0 amide bonds. The van der Waals surface area contributed by atoms with Crippen LogP contribution >= 0.6 is 0 Å². The minimum Gasteiger partial charge on any atom is -0.480 e. The maximum absolute atomic E-state index is 12.2. The van der Waals surface area contributed by atoms with Crippen molar-refractivity contribution in [1.29, 1.82) is 0 Å². The van der Waals surface area contributed by atoms with Crippen LogP contribution in [0.15, 0.2) is 18.3 Å². The normalized spacial score (nSPS) is 18.7. The molecular formula is C22H33N3O6. The molecule has 172 valence electrons. The van der Waals surface area contributed by atoms with E-state index in [4.69, 9.17) is 9.47 Å². The van der Waals surface area contributed by atoms with Gasteiger partial charge in [-0.1, -0.05) is 25.8 Å². The number of ether oxygens (including phenoxy) is 2. The van der Waals surface area contributed by atoms with Gasteiger partial charge in [0.25, 0.3) is 0 Å². The number of carbonyl (C=O) groups excluding carboxylic acids is 2. The Morgan fingerprint density at radius 3 is 2.16 bits per heavy atom. The molecule has 1 heterocycles. The van der Waals surface area contributed by atoms with E-state index in [0.717, 1.165) is 43.4 Å². The molecule has 1 saturated carbocycles. The third-order valence-electron chi connectivity index (χ3n) is 5.81. The third-order valence-corrected chi connectivity index (χ3v) is 5.81. The number of carbonyl (C=O) groups is 3. The van der Waals surface area contributed by atoms with Crippen molar-refractivity contribution in [1.82, 2.24) is 14.8 Å². The standard InChI is InChI=1S/C22H33N3O6/c1-4-16-8-7-11-23-17(16)12-24(14-21(28)30-2)18-9-5-6-10-19(18)25(13-20(26)27)15-22(29)31-3/h7-8,11,18-19H,4-6,9-10,12-15H2,1-3H3,(H,26,27)/t18-,19?/m0/s1. The fourth-order valence-corrected chi connectivity index (χ4v) is 4.29. The van der Waals surface area contributed by atoms with Crippen molar-refractivity contribution in [3.63, 3.8) is 0 Å². The zero-order chi connectivity index (χ0) is 22.8. The maximum atomic E-state index is 12.2. The second-order valence-corrected chi connectivity index (χ2v) is 7.74. The van der Waals surface area contributed by atoms with E-state index in [1.165, 1.54) is 14.2 Å². The number of nitrogens with zero attached hydrogens (tertiary/aromatic N) is 3. The lowest BCUT2D eigenvalue weighted by Crippen LogP contribution is -2.56. The Balaban J connectivity index is 2.35. The van der Waals surface area contributed by atoms with E-state index in [2.05, 4.69) is 11.9 Å². The highest BCUT2D eigenvalue weighted by atomic mass is 16.5. The summed E-state index contributed by atoms with van der Waals surface area (Å²) in [5.41, 5.74) is 1.98. The Morgan fingerprint density at radius 2 is 1.61 bits per heavy atom. The Bertz CT molecular complexity index is 757. The molecule has 2 atom stereocenters. The van der Waals surface area contributed by atoms with Gasteiger partial charge in [-0.3, -0.25) is 29.2 Å². The first-order valence-electron chi connectivity index (χ1n) is 10.7. The Morgan fingerprint density at radius 1 is 1.03 bits per heavy atom. The van der Waals surface area contributed by atoms with Gasteiger partial charge in [0.1, 0.15) is 0 Å². The highest BCUT2D eigenvalue weighted by Gasteiger charge is 2.37. The first-order chi connectivity index (χ1) is 14.9. The molecule has 9 heteroatoms. The minimum absolute atomic E-state index is 0.0660. The van der Waals surface area contributed by atoms with Crippen molar-refractivity contribution in [2.24, 2.45) is 0 Å². The van der Waals surface area contributed by atoms with E-state index in [1.807, 2.05) is 17.0 Å². The molecule has 0 aromatic carbocycles. The van der Waals surface area contributed by atoms with Crippen LogP contribution < -0.4 is 0 Å². The number of hydrogen-bond donors (Lipinski definition) is 1. The van der Waals surface area contributed by atoms with E-state index >= 15 is 0 Å². The van der Waals surface area contributed by atoms with Crippen molar-refractivity contribution >= 4 is 17.9 Å². The van der Waals surface area contributed by atoms with Crippen LogP contribution in [-0.2, 0) is 36.8 Å². The quantitative estimate of drug-likeness (QED) is 0.517. The predicted octanol–water partition coefficient (Wildman–Crippen LogP) is 1.49. The molecule has 31 heavy (non-hydrogen) atoms. The SMILES string of the molecule is CCc1cccnc1CN(CC(=O)OC)[C@H]1CCCCC1N(CC(=O)O)CC(=O)OC. The molecule has 1 aliphatic rings. The first-order valence-corrected chi connectivity index (χ1v) is 10.7. The lowest BCUT2D eigenvalue weighted by molar-refractivity contribution is -0.148. The second kappa shape index (κ2) is 12.4. The van der Waals surface area contributed by atoms with Gasteiger partial charge in [-0.15, -0.1) is 0 Å². The first kappa shape index (κ1) is 24.7. The smallest absolute Gasteiger partial charge is 0.319 e. The largest absolute Gasteiger partial charge is 0.480 e. The average molecular weight is 436 g/mol. The monoisotopic (exact) mass is 435 g/mol. The predicted molar refractivity (Wildman–Crippen MR) is 113 cm³/mol. The number of aliphatic carboxylic acids is 1. The summed E-state index contributed by atoms with van der Waals surface area (Å²) in [6.07, 6.45) is 5.95. The molecule has 1 fully saturated rings. The number of aryl methyl sites for hydroxylation is 1. The topological polar surface area (TPSA) is 109 Å². The molecule has 0 bridgehead atoms. The molecular weight excluding hydrogens is 402 g/mol. The van der Waals surface area contributed by atoms with Crippen molar-refractivity contribution in [2.75, 3.05) is 33.9 Å². The number of pyridine rings is 1. The summed E-state index contributed by atoms with van der Waals surface area (Å²) in [6.45, 7) is 2.18. The van der Waals surface area contributed by atoms with Crippen LogP contribution in [-0.4, -0.2) is 83.7 Å². The summed E-state index contributed by atoms with van der Waals surface area (Å²) in [5, 5.41) is 9.42. The molecule has 0 radical (unpaired) electrons. The molecule has 0 aliphatic heterocycles. The van der Waals surface area contributed by atoms with E-state index in [0.29, 0.717) is 6.54 Å². The molecule has 1 unspecified atom stereocenters. The molecule has 2 rings (SSSR count). The number of carboxylic acid groups (broad SMARTS) is 1. The maximum Gasteiger partial charge on any atom is 0.319 e. The number of carboxylic acids is 1. The van der Waals surface area contributed by atoms with Crippen molar-refractivity contribution in [2.45, 2.75) is 57.7 Å². The number of methoxy groups -OCH3 is 2. The van der Waals surface area contributed by atoms with Gasteiger partial charge in [-0.25, -0.2) is 0 Å². The highest BCUT2D eigenvalue weighted by molar-refractivity contribution is 5.74. The van der Waals surface area contributed by atoms with Gasteiger partial charge in [-0.05, 0) is 30.9 Å². The Kier molecular flexibility index (Phi) is 9.87. The fraction of sp³-hybridized carbons (Fsp3) is 0.636. The van der Waals surface area contributed by atoms with Gasteiger partial charge in [0.2, 0.25) is 0 Å². The summed E-state index contributed by atoms with van der Waals surface area (Å²) < 4.78 is 9.71. The Labute approximate surface area is 183 Å². The highest BCUT2D eigenvalue weighted by Crippen LogP contribution is 2.29. The fourth-order valence-electron chi connectivity index (χ4n) is 4.29. The van der Waals surface area contributed by atoms with E-state index in [1.54, 1.807) is 11.1 Å². The molecule has 1 aromatic heterocycles.